The number of carbonyl (C=O) groups excluding carboxylic acids is 6. The Morgan fingerprint density at radius 3 is 2.29 bits per heavy atom. The van der Waals surface area contributed by atoms with Crippen molar-refractivity contribution < 1.29 is 53.2 Å². The molecule has 3 heterocycles. The zero-order valence-corrected chi connectivity index (χ0v) is 42.7. The molecule has 1 amide bonds. The molecule has 0 bridgehead atoms. The number of piperazine rings is 1. The Balaban J connectivity index is 0.000000256. The Labute approximate surface area is 453 Å². The maximum absolute atomic E-state index is 13.5. The van der Waals surface area contributed by atoms with Crippen LogP contribution < -0.4 is 28.1 Å². The predicted octanol–water partition coefficient (Wildman–Crippen LogP) is 2.28. The molecule has 390 valence electrons. The van der Waals surface area contributed by atoms with E-state index in [1.54, 1.807) is 19.1 Å². The third-order valence-corrected chi connectivity index (χ3v) is 17.7. The van der Waals surface area contributed by atoms with Crippen LogP contribution in [0, 0.1) is 34.5 Å². The average Bonchev–Trinajstić information content (AvgIpc) is 3.58. The number of anilines is 1. The first-order valence-corrected chi connectivity index (χ1v) is 25.4. The molecule has 9 rings (SSSR count). The van der Waals surface area contributed by atoms with Gasteiger partial charge < -0.3 is 45.7 Å². The Bertz CT molecular complexity index is 2430. The molecular formula is C51H70Cl2N7NaO11. The fourth-order valence-electron chi connectivity index (χ4n) is 13.7. The van der Waals surface area contributed by atoms with Crippen LogP contribution in [0.1, 0.15) is 71.3 Å². The third-order valence-electron chi connectivity index (χ3n) is 17.3. The molecular weight excluding hydrogens is 980 g/mol. The van der Waals surface area contributed by atoms with Gasteiger partial charge in [0.15, 0.2) is 18.1 Å². The van der Waals surface area contributed by atoms with Crippen LogP contribution in [0.4, 0.5) is 10.5 Å². The van der Waals surface area contributed by atoms with Crippen LogP contribution in [-0.4, -0.2) is 173 Å². The van der Waals surface area contributed by atoms with Gasteiger partial charge in [0.1, 0.15) is 12.2 Å². The number of ketones is 4. The molecule has 1 aromatic carbocycles. The van der Waals surface area contributed by atoms with Gasteiger partial charge in [-0.2, -0.15) is 0 Å². The van der Waals surface area contributed by atoms with E-state index < -0.39 is 64.4 Å². The van der Waals surface area contributed by atoms with Crippen LogP contribution in [0.25, 0.3) is 0 Å². The number of nitrogens with zero attached hydrogens (tertiary/aromatic N) is 3. The minimum absolute atomic E-state index is 0. The summed E-state index contributed by atoms with van der Waals surface area (Å²) in [7, 11) is 3.49. The number of primary amides is 1. The van der Waals surface area contributed by atoms with Gasteiger partial charge in [-0.3, -0.25) is 40.6 Å². The van der Waals surface area contributed by atoms with Gasteiger partial charge in [-0.15, -0.1) is 23.2 Å². The quantitative estimate of drug-likeness (QED) is 0.0280. The number of amides is 1. The van der Waals surface area contributed by atoms with E-state index in [0.29, 0.717) is 56.4 Å². The van der Waals surface area contributed by atoms with E-state index in [2.05, 4.69) is 28.4 Å². The van der Waals surface area contributed by atoms with E-state index in [4.69, 9.17) is 48.9 Å². The number of rotatable bonds is 15. The molecule has 5 fully saturated rings. The van der Waals surface area contributed by atoms with Crippen molar-refractivity contribution in [1.82, 2.24) is 9.80 Å². The first-order valence-electron chi connectivity index (χ1n) is 24.3. The summed E-state index contributed by atoms with van der Waals surface area (Å²) in [6.07, 6.45) is 7.87. The molecule has 0 aromatic heterocycles. The molecule has 72 heavy (non-hydrogen) atoms. The number of aryl methyl sites for hydroxylation is 1. The van der Waals surface area contributed by atoms with Gasteiger partial charge in [-0.25, -0.2) is 4.79 Å². The molecule has 10 N–H and O–H groups in total. The number of Topliss-reactive ketones (excluding diaryl/α,β-unsaturated/α-hetero) is 3. The van der Waals surface area contributed by atoms with Crippen molar-refractivity contribution in [2.75, 3.05) is 63.7 Å². The maximum atomic E-state index is 13.5. The number of hydrogen-bond acceptors (Lipinski definition) is 17. The number of allylic oxidation sites excluding steroid dienone is 6. The number of ether oxygens (including phenoxy) is 3. The zero-order chi connectivity index (χ0) is 52.0. The van der Waals surface area contributed by atoms with Crippen molar-refractivity contribution in [2.45, 2.75) is 102 Å². The van der Waals surface area contributed by atoms with E-state index in [9.17, 15) is 39.0 Å². The topological polar surface area (TPSA) is 284 Å². The summed E-state index contributed by atoms with van der Waals surface area (Å²) in [6.45, 7) is 6.95. The summed E-state index contributed by atoms with van der Waals surface area (Å²) in [5.74, 6) is 6.84. The van der Waals surface area contributed by atoms with Crippen molar-refractivity contribution >= 4 is 93.6 Å². The molecule has 5 aliphatic carbocycles. The SMILES string of the molecule is CO[C@@]12[C@H](COC(N)=O)C3=C(C(=O)C(C)=C(N)C3=O)N1C[C@H]1[C@@H]2N1C.C[C@]12C=CC(=O)C=C1CC[C@@H]1[C@@H]2[C@@H](O)C[C@@]2(C)[C@H]1CC[C@]2(O)C(=O)COC(=O)CCCc1ccc(N(CCCl)CCCl)cc1.NN.[NaH]. The summed E-state index contributed by atoms with van der Waals surface area (Å²) in [6, 6.07) is 8.33. The van der Waals surface area contributed by atoms with Crippen molar-refractivity contribution in [3.8, 4) is 0 Å². The van der Waals surface area contributed by atoms with Gasteiger partial charge in [0.2, 0.25) is 17.3 Å². The van der Waals surface area contributed by atoms with Crippen LogP contribution in [0.2, 0.25) is 0 Å². The Morgan fingerprint density at radius 2 is 1.67 bits per heavy atom. The molecule has 21 heteroatoms. The van der Waals surface area contributed by atoms with Crippen LogP contribution in [-0.2, 0) is 44.6 Å². The van der Waals surface area contributed by atoms with Crippen molar-refractivity contribution in [1.29, 1.82) is 0 Å². The Morgan fingerprint density at radius 1 is 1.00 bits per heavy atom. The van der Waals surface area contributed by atoms with Gasteiger partial charge in [-0.05, 0) is 101 Å². The molecule has 8 aliphatic rings. The third kappa shape index (κ3) is 9.76. The normalized spacial score (nSPS) is 34.3. The monoisotopic (exact) mass is 1050 g/mol. The number of nitrogens with two attached hydrogens (primary N) is 4. The number of halogens is 2. The van der Waals surface area contributed by atoms with Gasteiger partial charge >= 0.3 is 41.6 Å². The van der Waals surface area contributed by atoms with Crippen LogP contribution in [0.15, 0.2) is 70.6 Å². The standard InChI is InChI=1S/C35H45Cl2NO6.C16H20N4O5.H4N2.Na.H/c1-33-14-12-26(39)20-24(33)8-11-27-28-13-15-35(43,34(28,2)21-29(40)32(27)33)30(41)22-44-31(42)5-3-4-23-6-9-25(10-7-23)38(18-16-36)19-17-37;1-6-10(17)13(22)9-7(5-25-15(18)23)16(24-3)14-8(19(14)2)4-20(16)11(9)12(6)21;1-2;;/h6-7,9-10,12,14,20,27-29,32,40,43H,3-5,8,11,13,15-19,21-22H2,1-2H3;7-8,14H,4-5,17H2,1-3H3,(H2,18,23);1-2H2;;/t27-,28-,29-,32+,33-,34-,35-;7-,8+,14+,16-,19?;;;/m01.../s1. The van der Waals surface area contributed by atoms with E-state index in [1.807, 2.05) is 49.2 Å². The number of hydrazine groups is 1. The first kappa shape index (κ1) is 57.6. The van der Waals surface area contributed by atoms with E-state index in [0.717, 1.165) is 29.7 Å². The summed E-state index contributed by atoms with van der Waals surface area (Å²) in [5.41, 5.74) is 11.1. The summed E-state index contributed by atoms with van der Waals surface area (Å²) in [4.78, 5) is 81.1. The Hall–Kier alpha value is -3.66. The van der Waals surface area contributed by atoms with Crippen LogP contribution in [0.5, 0.6) is 0 Å². The fraction of sp³-hybridized carbons (Fsp3) is 0.608. The molecule has 18 nitrogen and oxygen atoms in total. The summed E-state index contributed by atoms with van der Waals surface area (Å²) in [5, 5.41) is 23.4. The molecule has 3 saturated carbocycles. The molecule has 1 unspecified atom stereocenters. The second kappa shape index (κ2) is 22.7. The molecule has 3 aliphatic heterocycles. The second-order valence-corrected chi connectivity index (χ2v) is 21.2. The first-order chi connectivity index (χ1) is 33.7. The number of esters is 1. The summed E-state index contributed by atoms with van der Waals surface area (Å²) >= 11 is 11.8. The van der Waals surface area contributed by atoms with E-state index in [-0.39, 0.29) is 114 Å². The number of hydrogen-bond donors (Lipinski definition) is 6. The number of benzene rings is 1. The second-order valence-electron chi connectivity index (χ2n) is 20.5. The molecule has 0 radical (unpaired) electrons. The molecule has 2 saturated heterocycles. The van der Waals surface area contributed by atoms with Crippen molar-refractivity contribution in [2.24, 2.45) is 57.7 Å². The van der Waals surface area contributed by atoms with Gasteiger partial charge in [0.05, 0.1) is 29.5 Å². The average molecular weight is 1050 g/mol. The molecule has 12 atom stereocenters. The number of methoxy groups -OCH3 is 1. The zero-order valence-electron chi connectivity index (χ0n) is 41.2. The van der Waals surface area contributed by atoms with Crippen molar-refractivity contribution in [3.05, 3.63) is 76.2 Å². The Kier molecular flexibility index (Phi) is 18.1. The molecule has 0 spiro atoms. The fourth-order valence-corrected chi connectivity index (χ4v) is 14.2. The van der Waals surface area contributed by atoms with Crippen molar-refractivity contribution in [3.63, 3.8) is 0 Å². The number of aliphatic hydroxyl groups excluding tert-OH is 1. The number of fused-ring (bicyclic) bond motifs is 9. The molecule has 1 aromatic rings. The number of likely N-dealkylation sites (N-methyl/N-ethyl adjacent to an activating group) is 1. The van der Waals surface area contributed by atoms with Gasteiger partial charge in [0.25, 0.3) is 0 Å². The minimum atomic E-state index is -1.66. The van der Waals surface area contributed by atoms with Crippen LogP contribution in [0.3, 0.4) is 0 Å². The van der Waals surface area contributed by atoms with Gasteiger partial charge in [-0.1, -0.05) is 37.6 Å². The van der Waals surface area contributed by atoms with Gasteiger partial charge in [0, 0.05) is 84.5 Å². The van der Waals surface area contributed by atoms with E-state index in [1.165, 1.54) is 7.11 Å². The number of alkyl halides is 2. The number of carbonyl (C=O) groups is 6. The van der Waals surface area contributed by atoms with Crippen LogP contribution >= 0.6 is 23.2 Å². The van der Waals surface area contributed by atoms with E-state index >= 15 is 0 Å². The summed E-state index contributed by atoms with van der Waals surface area (Å²) < 4.78 is 16.3. The predicted molar refractivity (Wildman–Crippen MR) is 272 cm³/mol. The number of aliphatic hydroxyl groups is 2.